The predicted octanol–water partition coefficient (Wildman–Crippen LogP) is -0.283. The van der Waals surface area contributed by atoms with Crippen LogP contribution in [0.4, 0.5) is 0 Å². The number of aliphatic hydroxyl groups excluding tert-OH is 1. The summed E-state index contributed by atoms with van der Waals surface area (Å²) in [5.41, 5.74) is 1.09. The lowest BCUT2D eigenvalue weighted by Gasteiger charge is -2.10. The molecule has 1 rings (SSSR count). The molecule has 0 saturated heterocycles. The summed E-state index contributed by atoms with van der Waals surface area (Å²) in [5, 5.41) is 11.4. The lowest BCUT2D eigenvalue weighted by Crippen LogP contribution is -2.31. The Morgan fingerprint density at radius 2 is 2.28 bits per heavy atom. The summed E-state index contributed by atoms with van der Waals surface area (Å²) in [6.07, 6.45) is 3.05. The molecule has 0 bridgehead atoms. The van der Waals surface area contributed by atoms with E-state index in [0.29, 0.717) is 17.7 Å². The van der Waals surface area contributed by atoms with E-state index < -0.39 is 0 Å². The molecule has 0 aliphatic carbocycles. The van der Waals surface area contributed by atoms with Crippen LogP contribution in [0.3, 0.4) is 0 Å². The van der Waals surface area contributed by atoms with E-state index in [1.165, 1.54) is 6.20 Å². The third-order valence-electron chi connectivity index (χ3n) is 2.16. The maximum absolute atomic E-state index is 11.8. The number of likely N-dealkylation sites (N-methyl/N-ethyl adjacent to an activating group) is 1. The Morgan fingerprint density at radius 3 is 2.94 bits per heavy atom. The second-order valence-electron chi connectivity index (χ2n) is 3.98. The number of aliphatic hydroxyl groups is 1. The lowest BCUT2D eigenvalue weighted by atomic mass is 10.2. The van der Waals surface area contributed by atoms with E-state index in [9.17, 15) is 4.79 Å². The SMILES string of the molecule is CN(C)CCNC(=O)c1cncc(C#CCO)c1. The molecule has 5 heteroatoms. The first-order valence-corrected chi connectivity index (χ1v) is 5.61. The number of rotatable bonds is 4. The Kier molecular flexibility index (Phi) is 5.85. The molecule has 1 aromatic heterocycles. The summed E-state index contributed by atoms with van der Waals surface area (Å²) in [4.78, 5) is 17.7. The number of carbonyl (C=O) groups excluding carboxylic acids is 1. The van der Waals surface area contributed by atoms with Gasteiger partial charge in [-0.05, 0) is 20.2 Å². The van der Waals surface area contributed by atoms with Gasteiger partial charge in [0.15, 0.2) is 0 Å². The molecule has 0 aliphatic rings. The summed E-state index contributed by atoms with van der Waals surface area (Å²) < 4.78 is 0. The zero-order chi connectivity index (χ0) is 13.4. The molecule has 0 aliphatic heterocycles. The zero-order valence-corrected chi connectivity index (χ0v) is 10.6. The van der Waals surface area contributed by atoms with Gasteiger partial charge in [-0.1, -0.05) is 11.8 Å². The third kappa shape index (κ3) is 4.95. The molecule has 1 heterocycles. The van der Waals surface area contributed by atoms with Gasteiger partial charge in [0.25, 0.3) is 5.91 Å². The van der Waals surface area contributed by atoms with Crippen LogP contribution in [0.15, 0.2) is 18.5 Å². The molecule has 0 unspecified atom stereocenters. The first-order valence-electron chi connectivity index (χ1n) is 5.61. The van der Waals surface area contributed by atoms with E-state index in [4.69, 9.17) is 5.11 Å². The monoisotopic (exact) mass is 247 g/mol. The third-order valence-corrected chi connectivity index (χ3v) is 2.16. The fourth-order valence-corrected chi connectivity index (χ4v) is 1.27. The van der Waals surface area contributed by atoms with Gasteiger partial charge in [-0.3, -0.25) is 9.78 Å². The number of amides is 1. The average molecular weight is 247 g/mol. The highest BCUT2D eigenvalue weighted by molar-refractivity contribution is 5.94. The molecule has 5 nitrogen and oxygen atoms in total. The van der Waals surface area contributed by atoms with Gasteiger partial charge in [-0.25, -0.2) is 0 Å². The standard InChI is InChI=1S/C13H17N3O2/c1-16(2)6-5-15-13(18)12-8-11(4-3-7-17)9-14-10-12/h8-10,17H,5-7H2,1-2H3,(H,15,18). The van der Waals surface area contributed by atoms with Crippen LogP contribution in [0.1, 0.15) is 15.9 Å². The maximum Gasteiger partial charge on any atom is 0.252 e. The van der Waals surface area contributed by atoms with E-state index in [1.54, 1.807) is 12.3 Å². The highest BCUT2D eigenvalue weighted by atomic mass is 16.2. The van der Waals surface area contributed by atoms with Gasteiger partial charge in [-0.15, -0.1) is 0 Å². The van der Waals surface area contributed by atoms with Crippen LogP contribution in [0.5, 0.6) is 0 Å². The molecule has 0 aromatic carbocycles. The Labute approximate surface area is 107 Å². The number of aromatic nitrogens is 1. The van der Waals surface area contributed by atoms with Gasteiger partial charge in [0.2, 0.25) is 0 Å². The fourth-order valence-electron chi connectivity index (χ4n) is 1.27. The predicted molar refractivity (Wildman–Crippen MR) is 69.1 cm³/mol. The molecule has 0 atom stereocenters. The summed E-state index contributed by atoms with van der Waals surface area (Å²) in [7, 11) is 3.89. The first-order chi connectivity index (χ1) is 8.63. The summed E-state index contributed by atoms with van der Waals surface area (Å²) in [6, 6.07) is 1.65. The minimum absolute atomic E-state index is 0.169. The quantitative estimate of drug-likeness (QED) is 0.718. The van der Waals surface area contributed by atoms with Crippen molar-refractivity contribution < 1.29 is 9.90 Å². The molecule has 0 saturated carbocycles. The van der Waals surface area contributed by atoms with Crippen molar-refractivity contribution in [2.45, 2.75) is 0 Å². The maximum atomic E-state index is 11.8. The molecule has 0 fully saturated rings. The van der Waals surface area contributed by atoms with Crippen LogP contribution in [-0.2, 0) is 0 Å². The van der Waals surface area contributed by atoms with Gasteiger partial charge in [-0.2, -0.15) is 0 Å². The van der Waals surface area contributed by atoms with E-state index in [-0.39, 0.29) is 12.5 Å². The number of hydrogen-bond acceptors (Lipinski definition) is 4. The van der Waals surface area contributed by atoms with Gasteiger partial charge in [0.05, 0.1) is 5.56 Å². The summed E-state index contributed by atoms with van der Waals surface area (Å²) in [6.45, 7) is 1.15. The largest absolute Gasteiger partial charge is 0.384 e. The smallest absolute Gasteiger partial charge is 0.252 e. The molecule has 2 N–H and O–H groups in total. The van der Waals surface area contributed by atoms with Crippen molar-refractivity contribution in [3.63, 3.8) is 0 Å². The number of pyridine rings is 1. The first kappa shape index (κ1) is 14.2. The zero-order valence-electron chi connectivity index (χ0n) is 10.6. The highest BCUT2D eigenvalue weighted by Gasteiger charge is 2.05. The molecule has 96 valence electrons. The molecule has 1 aromatic rings. The molecule has 18 heavy (non-hydrogen) atoms. The second-order valence-corrected chi connectivity index (χ2v) is 3.98. The second kappa shape index (κ2) is 7.43. The Morgan fingerprint density at radius 1 is 1.50 bits per heavy atom. The molecular formula is C13H17N3O2. The van der Waals surface area contributed by atoms with Crippen molar-refractivity contribution >= 4 is 5.91 Å². The van der Waals surface area contributed by atoms with Gasteiger partial charge >= 0.3 is 0 Å². The Hall–Kier alpha value is -1.90. The van der Waals surface area contributed by atoms with Crippen LogP contribution in [0.2, 0.25) is 0 Å². The number of nitrogens with one attached hydrogen (secondary N) is 1. The van der Waals surface area contributed by atoms with Crippen LogP contribution in [-0.4, -0.2) is 54.7 Å². The van der Waals surface area contributed by atoms with E-state index in [2.05, 4.69) is 22.1 Å². The van der Waals surface area contributed by atoms with Crippen LogP contribution >= 0.6 is 0 Å². The van der Waals surface area contributed by atoms with Gasteiger partial charge in [0, 0.05) is 31.0 Å². The van der Waals surface area contributed by atoms with E-state index >= 15 is 0 Å². The topological polar surface area (TPSA) is 65.5 Å². The van der Waals surface area contributed by atoms with Crippen molar-refractivity contribution in [1.82, 2.24) is 15.2 Å². The highest BCUT2D eigenvalue weighted by Crippen LogP contribution is 2.01. The molecular weight excluding hydrogens is 230 g/mol. The number of nitrogens with zero attached hydrogens (tertiary/aromatic N) is 2. The lowest BCUT2D eigenvalue weighted by molar-refractivity contribution is 0.0950. The summed E-state index contributed by atoms with van der Waals surface area (Å²) >= 11 is 0. The van der Waals surface area contributed by atoms with Crippen LogP contribution in [0, 0.1) is 11.8 Å². The van der Waals surface area contributed by atoms with E-state index in [1.807, 2.05) is 19.0 Å². The van der Waals surface area contributed by atoms with E-state index in [0.717, 1.165) is 6.54 Å². The number of carbonyl (C=O) groups is 1. The summed E-state index contributed by atoms with van der Waals surface area (Å²) in [5.74, 6) is 5.06. The van der Waals surface area contributed by atoms with Crippen molar-refractivity contribution in [1.29, 1.82) is 0 Å². The minimum atomic E-state index is -0.209. The Bertz CT molecular complexity index is 461. The molecule has 1 amide bonds. The van der Waals surface area contributed by atoms with Crippen molar-refractivity contribution in [2.75, 3.05) is 33.8 Å². The van der Waals surface area contributed by atoms with Crippen LogP contribution < -0.4 is 5.32 Å². The molecule has 0 spiro atoms. The normalized spacial score (nSPS) is 9.78. The molecule has 0 radical (unpaired) electrons. The van der Waals surface area contributed by atoms with Gasteiger partial charge in [0.1, 0.15) is 6.61 Å². The fraction of sp³-hybridized carbons (Fsp3) is 0.385. The van der Waals surface area contributed by atoms with Crippen LogP contribution in [0.25, 0.3) is 0 Å². The Balaban J connectivity index is 2.62. The van der Waals surface area contributed by atoms with Gasteiger partial charge < -0.3 is 15.3 Å². The van der Waals surface area contributed by atoms with Crippen molar-refractivity contribution in [3.05, 3.63) is 29.6 Å². The average Bonchev–Trinajstić information content (AvgIpc) is 2.36. The minimum Gasteiger partial charge on any atom is -0.384 e. The number of hydrogen-bond donors (Lipinski definition) is 2. The van der Waals surface area contributed by atoms with Crippen molar-refractivity contribution in [3.8, 4) is 11.8 Å². The van der Waals surface area contributed by atoms with Crippen molar-refractivity contribution in [2.24, 2.45) is 0 Å².